The molecule has 1 N–H and O–H groups in total. The number of anilines is 1. The summed E-state index contributed by atoms with van der Waals surface area (Å²) < 4.78 is 14.8. The van der Waals surface area contributed by atoms with Crippen molar-refractivity contribution in [3.8, 4) is 0 Å². The molecule has 2 aromatic rings. The van der Waals surface area contributed by atoms with Crippen LogP contribution in [-0.4, -0.2) is 19.0 Å². The summed E-state index contributed by atoms with van der Waals surface area (Å²) in [6.45, 7) is 2.81. The van der Waals surface area contributed by atoms with E-state index in [2.05, 4.69) is 32.2 Å². The van der Waals surface area contributed by atoms with Gasteiger partial charge in [0.15, 0.2) is 0 Å². The van der Waals surface area contributed by atoms with E-state index >= 15 is 0 Å². The molecule has 0 spiro atoms. The van der Waals surface area contributed by atoms with Gasteiger partial charge in [0.05, 0.1) is 6.04 Å². The van der Waals surface area contributed by atoms with Crippen molar-refractivity contribution in [1.29, 1.82) is 0 Å². The van der Waals surface area contributed by atoms with Crippen molar-refractivity contribution in [1.82, 2.24) is 4.90 Å². The lowest BCUT2D eigenvalue weighted by molar-refractivity contribution is 0.403. The van der Waals surface area contributed by atoms with Crippen molar-refractivity contribution in [2.24, 2.45) is 0 Å². The first-order valence-corrected chi connectivity index (χ1v) is 7.71. The Hall–Kier alpha value is -1.39. The molecule has 4 heteroatoms. The van der Waals surface area contributed by atoms with Crippen LogP contribution in [0.3, 0.4) is 0 Å². The lowest BCUT2D eigenvalue weighted by Crippen LogP contribution is -2.15. The first kappa shape index (κ1) is 16.0. The van der Waals surface area contributed by atoms with Crippen molar-refractivity contribution < 1.29 is 4.39 Å². The predicted molar refractivity (Wildman–Crippen MR) is 90.0 cm³/mol. The maximum absolute atomic E-state index is 14.0. The highest BCUT2D eigenvalue weighted by Crippen LogP contribution is 2.26. The Balaban J connectivity index is 2.23. The van der Waals surface area contributed by atoms with E-state index in [1.54, 1.807) is 6.07 Å². The van der Waals surface area contributed by atoms with Crippen LogP contribution in [0.1, 0.15) is 24.1 Å². The number of hydrogen-bond acceptors (Lipinski definition) is 2. The van der Waals surface area contributed by atoms with Crippen LogP contribution >= 0.6 is 15.9 Å². The number of benzene rings is 2. The standard InChI is InChI=1S/C17H20BrFN2/c1-12(15-10-14(18)8-9-16(15)19)20-17-7-5-4-6-13(17)11-21(2)3/h4-10,12,20H,11H2,1-3H3. The average molecular weight is 351 g/mol. The van der Waals surface area contributed by atoms with Crippen molar-refractivity contribution in [3.05, 3.63) is 63.9 Å². The van der Waals surface area contributed by atoms with Crippen LogP contribution in [0.2, 0.25) is 0 Å². The molecule has 2 aromatic carbocycles. The summed E-state index contributed by atoms with van der Waals surface area (Å²) in [5.41, 5.74) is 2.90. The van der Waals surface area contributed by atoms with Gasteiger partial charge in [-0.05, 0) is 50.8 Å². The van der Waals surface area contributed by atoms with Crippen LogP contribution in [-0.2, 0) is 6.54 Å². The Morgan fingerprint density at radius 3 is 2.62 bits per heavy atom. The Morgan fingerprint density at radius 2 is 1.90 bits per heavy atom. The number of halogens is 2. The SMILES string of the molecule is CC(Nc1ccccc1CN(C)C)c1cc(Br)ccc1F. The molecule has 0 aliphatic carbocycles. The first-order valence-electron chi connectivity index (χ1n) is 6.91. The third-order valence-corrected chi connectivity index (χ3v) is 3.79. The van der Waals surface area contributed by atoms with Gasteiger partial charge in [0.2, 0.25) is 0 Å². The lowest BCUT2D eigenvalue weighted by atomic mass is 10.1. The molecular weight excluding hydrogens is 331 g/mol. The molecule has 1 unspecified atom stereocenters. The van der Waals surface area contributed by atoms with Crippen molar-refractivity contribution in [2.45, 2.75) is 19.5 Å². The minimum atomic E-state index is -0.191. The summed E-state index contributed by atoms with van der Waals surface area (Å²) >= 11 is 3.40. The molecule has 0 saturated carbocycles. The highest BCUT2D eigenvalue weighted by atomic mass is 79.9. The number of nitrogens with zero attached hydrogens (tertiary/aromatic N) is 1. The summed E-state index contributed by atoms with van der Waals surface area (Å²) in [5.74, 6) is -0.191. The molecule has 0 aromatic heterocycles. The fraction of sp³-hybridized carbons (Fsp3) is 0.294. The molecule has 0 aliphatic heterocycles. The molecule has 2 nitrogen and oxygen atoms in total. The molecule has 0 fully saturated rings. The first-order chi connectivity index (χ1) is 9.97. The monoisotopic (exact) mass is 350 g/mol. The molecule has 0 heterocycles. The number of hydrogen-bond donors (Lipinski definition) is 1. The van der Waals surface area contributed by atoms with Crippen LogP contribution in [0.4, 0.5) is 10.1 Å². The molecule has 0 bridgehead atoms. The summed E-state index contributed by atoms with van der Waals surface area (Å²) in [6.07, 6.45) is 0. The Bertz CT molecular complexity index is 613. The van der Waals surface area contributed by atoms with Gasteiger partial charge in [-0.1, -0.05) is 34.1 Å². The van der Waals surface area contributed by atoms with E-state index in [0.29, 0.717) is 5.56 Å². The maximum Gasteiger partial charge on any atom is 0.128 e. The third-order valence-electron chi connectivity index (χ3n) is 3.30. The lowest BCUT2D eigenvalue weighted by Gasteiger charge is -2.20. The van der Waals surface area contributed by atoms with Crippen LogP contribution in [0.15, 0.2) is 46.9 Å². The van der Waals surface area contributed by atoms with Gasteiger partial charge in [-0.2, -0.15) is 0 Å². The Kier molecular flexibility index (Phi) is 5.37. The minimum Gasteiger partial charge on any atom is -0.378 e. The molecule has 112 valence electrons. The van der Waals surface area contributed by atoms with Gasteiger partial charge in [-0.25, -0.2) is 4.39 Å². The van der Waals surface area contributed by atoms with Gasteiger partial charge >= 0.3 is 0 Å². The van der Waals surface area contributed by atoms with E-state index in [4.69, 9.17) is 0 Å². The zero-order valence-corrected chi connectivity index (χ0v) is 14.1. The van der Waals surface area contributed by atoms with Crippen molar-refractivity contribution >= 4 is 21.6 Å². The molecule has 21 heavy (non-hydrogen) atoms. The van der Waals surface area contributed by atoms with E-state index in [-0.39, 0.29) is 11.9 Å². The molecule has 0 aliphatic rings. The van der Waals surface area contributed by atoms with Crippen LogP contribution in [0.5, 0.6) is 0 Å². The molecule has 1 atom stereocenters. The second kappa shape index (κ2) is 7.05. The molecule has 0 saturated heterocycles. The second-order valence-electron chi connectivity index (χ2n) is 5.43. The maximum atomic E-state index is 14.0. The largest absolute Gasteiger partial charge is 0.378 e. The van der Waals surface area contributed by atoms with E-state index < -0.39 is 0 Å². The van der Waals surface area contributed by atoms with E-state index in [0.717, 1.165) is 16.7 Å². The molecule has 0 amide bonds. The van der Waals surface area contributed by atoms with E-state index in [9.17, 15) is 4.39 Å². The second-order valence-corrected chi connectivity index (χ2v) is 6.34. The number of para-hydroxylation sites is 1. The van der Waals surface area contributed by atoms with E-state index in [1.165, 1.54) is 11.6 Å². The zero-order chi connectivity index (χ0) is 15.4. The smallest absolute Gasteiger partial charge is 0.128 e. The number of rotatable bonds is 5. The topological polar surface area (TPSA) is 15.3 Å². The summed E-state index contributed by atoms with van der Waals surface area (Å²) in [4.78, 5) is 2.12. The van der Waals surface area contributed by atoms with Gasteiger partial charge in [-0.15, -0.1) is 0 Å². The quantitative estimate of drug-likeness (QED) is 0.831. The van der Waals surface area contributed by atoms with Gasteiger partial charge < -0.3 is 10.2 Å². The summed E-state index contributed by atoms with van der Waals surface area (Å²) in [7, 11) is 4.07. The number of nitrogens with one attached hydrogen (secondary N) is 1. The van der Waals surface area contributed by atoms with Gasteiger partial charge in [0, 0.05) is 22.3 Å². The highest BCUT2D eigenvalue weighted by molar-refractivity contribution is 9.10. The fourth-order valence-electron chi connectivity index (χ4n) is 2.30. The minimum absolute atomic E-state index is 0.106. The Morgan fingerprint density at radius 1 is 1.19 bits per heavy atom. The van der Waals surface area contributed by atoms with Crippen LogP contribution in [0, 0.1) is 5.82 Å². The highest BCUT2D eigenvalue weighted by Gasteiger charge is 2.13. The van der Waals surface area contributed by atoms with Crippen LogP contribution < -0.4 is 5.32 Å². The van der Waals surface area contributed by atoms with Gasteiger partial charge in [-0.3, -0.25) is 0 Å². The predicted octanol–water partition coefficient (Wildman–Crippen LogP) is 4.82. The van der Waals surface area contributed by atoms with Gasteiger partial charge in [0.25, 0.3) is 0 Å². The molecule has 2 rings (SSSR count). The summed E-state index contributed by atoms with van der Waals surface area (Å²) in [6, 6.07) is 13.1. The zero-order valence-electron chi connectivity index (χ0n) is 12.5. The average Bonchev–Trinajstić information content (AvgIpc) is 2.43. The van der Waals surface area contributed by atoms with Crippen molar-refractivity contribution in [3.63, 3.8) is 0 Å². The van der Waals surface area contributed by atoms with Crippen LogP contribution in [0.25, 0.3) is 0 Å². The molecule has 0 radical (unpaired) electrons. The van der Waals surface area contributed by atoms with E-state index in [1.807, 2.05) is 45.3 Å². The summed E-state index contributed by atoms with van der Waals surface area (Å²) in [5, 5.41) is 3.41. The Labute approximate surface area is 134 Å². The normalized spacial score (nSPS) is 12.5. The fourth-order valence-corrected chi connectivity index (χ4v) is 2.68. The molecular formula is C17H20BrFN2. The van der Waals surface area contributed by atoms with Crippen molar-refractivity contribution in [2.75, 3.05) is 19.4 Å². The third kappa shape index (κ3) is 4.29. The van der Waals surface area contributed by atoms with Gasteiger partial charge in [0.1, 0.15) is 5.82 Å².